The molecule has 1 aliphatic heterocycles. The van der Waals surface area contributed by atoms with Gasteiger partial charge in [0, 0.05) is 47.7 Å². The standard InChI is InChI=1S/C26H26N6O5/c1-2-20-29-17-12-28-8-6-15(17)25(30-20)36-19-11-18-14(7-9-32(18)26(34)35)10-16(19)21-22(24(27)33)31-37-23(21)13-4-3-5-13/h7,9-11,13,28H,2-6,8,12H2,1H3,(H2,27,33)(H,34,35). The first-order chi connectivity index (χ1) is 17.9. The maximum Gasteiger partial charge on any atom is 0.416 e. The zero-order valence-electron chi connectivity index (χ0n) is 20.3. The van der Waals surface area contributed by atoms with Crippen molar-refractivity contribution >= 4 is 22.9 Å². The third-order valence-electron chi connectivity index (χ3n) is 7.16. The quantitative estimate of drug-likeness (QED) is 0.354. The Morgan fingerprint density at radius 2 is 2.14 bits per heavy atom. The van der Waals surface area contributed by atoms with Gasteiger partial charge in [-0.25, -0.2) is 9.78 Å². The number of aryl methyl sites for hydroxylation is 1. The number of carbonyl (C=O) groups excluding carboxylic acids is 1. The lowest BCUT2D eigenvalue weighted by molar-refractivity contribution is 0.0992. The summed E-state index contributed by atoms with van der Waals surface area (Å²) in [7, 11) is 0. The monoisotopic (exact) mass is 502 g/mol. The molecule has 4 N–H and O–H groups in total. The van der Waals surface area contributed by atoms with Crippen molar-refractivity contribution in [3.63, 3.8) is 0 Å². The normalized spacial score (nSPS) is 15.4. The van der Waals surface area contributed by atoms with Crippen LogP contribution in [0, 0.1) is 0 Å². The first kappa shape index (κ1) is 23.2. The van der Waals surface area contributed by atoms with Gasteiger partial charge in [0.25, 0.3) is 5.91 Å². The van der Waals surface area contributed by atoms with Crippen LogP contribution < -0.4 is 15.8 Å². The molecule has 0 saturated heterocycles. The van der Waals surface area contributed by atoms with Crippen molar-refractivity contribution in [1.29, 1.82) is 0 Å². The summed E-state index contributed by atoms with van der Waals surface area (Å²) >= 11 is 0. The molecule has 1 amide bonds. The molecule has 37 heavy (non-hydrogen) atoms. The van der Waals surface area contributed by atoms with Gasteiger partial charge in [-0.15, -0.1) is 0 Å². The molecule has 4 aromatic rings. The van der Waals surface area contributed by atoms with Crippen molar-refractivity contribution in [2.24, 2.45) is 5.73 Å². The van der Waals surface area contributed by atoms with Crippen LogP contribution in [0.3, 0.4) is 0 Å². The maximum absolute atomic E-state index is 12.4. The summed E-state index contributed by atoms with van der Waals surface area (Å²) in [6.45, 7) is 3.34. The number of ether oxygens (including phenoxy) is 1. The molecular formula is C26H26N6O5. The first-order valence-electron chi connectivity index (χ1n) is 12.4. The van der Waals surface area contributed by atoms with Crippen LogP contribution in [0.25, 0.3) is 22.0 Å². The summed E-state index contributed by atoms with van der Waals surface area (Å²) in [6, 6.07) is 5.15. The number of fused-ring (bicyclic) bond motifs is 2. The molecule has 1 aromatic carbocycles. The van der Waals surface area contributed by atoms with E-state index < -0.39 is 12.0 Å². The zero-order valence-corrected chi connectivity index (χ0v) is 20.3. The minimum atomic E-state index is -1.12. The second-order valence-corrected chi connectivity index (χ2v) is 9.39. The van der Waals surface area contributed by atoms with Crippen molar-refractivity contribution in [1.82, 2.24) is 25.0 Å². The van der Waals surface area contributed by atoms with Crippen LogP contribution in [0.2, 0.25) is 0 Å². The van der Waals surface area contributed by atoms with E-state index in [9.17, 15) is 14.7 Å². The van der Waals surface area contributed by atoms with Crippen LogP contribution in [-0.4, -0.2) is 43.3 Å². The summed E-state index contributed by atoms with van der Waals surface area (Å²) in [5.41, 5.74) is 8.97. The van der Waals surface area contributed by atoms with Crippen LogP contribution in [0.1, 0.15) is 65.4 Å². The Bertz CT molecular complexity index is 1550. The molecule has 0 spiro atoms. The summed E-state index contributed by atoms with van der Waals surface area (Å²) in [6.07, 6.45) is 4.56. The minimum absolute atomic E-state index is 0.0203. The number of benzene rings is 1. The van der Waals surface area contributed by atoms with Crippen molar-refractivity contribution in [3.8, 4) is 22.8 Å². The summed E-state index contributed by atoms with van der Waals surface area (Å²) < 4.78 is 13.3. The Kier molecular flexibility index (Phi) is 5.64. The van der Waals surface area contributed by atoms with E-state index in [0.29, 0.717) is 64.6 Å². The lowest BCUT2D eigenvalue weighted by Crippen LogP contribution is -2.26. The zero-order chi connectivity index (χ0) is 25.7. The van der Waals surface area contributed by atoms with E-state index in [1.165, 1.54) is 6.20 Å². The molecule has 3 aromatic heterocycles. The van der Waals surface area contributed by atoms with E-state index in [2.05, 4.69) is 20.4 Å². The fraction of sp³-hybridized carbons (Fsp3) is 0.346. The van der Waals surface area contributed by atoms with Crippen molar-refractivity contribution in [2.45, 2.75) is 51.5 Å². The Labute approximate surface area is 211 Å². The van der Waals surface area contributed by atoms with Gasteiger partial charge in [-0.2, -0.15) is 4.98 Å². The Morgan fingerprint density at radius 3 is 2.84 bits per heavy atom. The van der Waals surface area contributed by atoms with E-state index in [1.807, 2.05) is 6.92 Å². The lowest BCUT2D eigenvalue weighted by atomic mass is 9.80. The first-order valence-corrected chi connectivity index (χ1v) is 12.4. The molecule has 0 radical (unpaired) electrons. The lowest BCUT2D eigenvalue weighted by Gasteiger charge is -2.24. The van der Waals surface area contributed by atoms with Crippen molar-refractivity contribution in [2.75, 3.05) is 6.54 Å². The fourth-order valence-corrected chi connectivity index (χ4v) is 5.01. The van der Waals surface area contributed by atoms with Crippen molar-refractivity contribution in [3.05, 3.63) is 52.9 Å². The SMILES string of the molecule is CCc1nc2c(c(Oc3cc4c(ccn4C(=O)O)cc3-c3c(C(N)=O)noc3C3CCC3)n1)CCNC2. The summed E-state index contributed by atoms with van der Waals surface area (Å²) in [4.78, 5) is 33.6. The average molecular weight is 503 g/mol. The molecule has 0 bridgehead atoms. The van der Waals surface area contributed by atoms with Crippen LogP contribution in [0.5, 0.6) is 11.6 Å². The molecule has 190 valence electrons. The number of carboxylic acid groups (broad SMARTS) is 1. The topological polar surface area (TPSA) is 158 Å². The van der Waals surface area contributed by atoms with E-state index in [4.69, 9.17) is 15.0 Å². The molecular weight excluding hydrogens is 476 g/mol. The smallest absolute Gasteiger partial charge is 0.416 e. The molecule has 1 fully saturated rings. The van der Waals surface area contributed by atoms with Gasteiger partial charge in [0.05, 0.1) is 16.8 Å². The minimum Gasteiger partial charge on any atom is -0.464 e. The van der Waals surface area contributed by atoms with Gasteiger partial charge < -0.3 is 25.4 Å². The second kappa shape index (κ2) is 9.00. The molecule has 1 aliphatic carbocycles. The summed E-state index contributed by atoms with van der Waals surface area (Å²) in [5.74, 6) is 1.39. The van der Waals surface area contributed by atoms with Gasteiger partial charge in [-0.1, -0.05) is 18.5 Å². The third kappa shape index (κ3) is 3.91. The Morgan fingerprint density at radius 1 is 1.30 bits per heavy atom. The van der Waals surface area contributed by atoms with Crippen molar-refractivity contribution < 1.29 is 24.0 Å². The van der Waals surface area contributed by atoms with Crippen LogP contribution in [0.4, 0.5) is 4.79 Å². The average Bonchev–Trinajstić information content (AvgIpc) is 3.46. The number of nitrogens with zero attached hydrogens (tertiary/aromatic N) is 4. The van der Waals surface area contributed by atoms with Crippen LogP contribution >= 0.6 is 0 Å². The van der Waals surface area contributed by atoms with Crippen LogP contribution in [-0.2, 0) is 19.4 Å². The van der Waals surface area contributed by atoms with Gasteiger partial charge in [0.15, 0.2) is 5.69 Å². The highest BCUT2D eigenvalue weighted by Gasteiger charge is 2.33. The highest BCUT2D eigenvalue weighted by Crippen LogP contribution is 2.46. The third-order valence-corrected chi connectivity index (χ3v) is 7.16. The second-order valence-electron chi connectivity index (χ2n) is 9.39. The molecule has 1 saturated carbocycles. The predicted molar refractivity (Wildman–Crippen MR) is 133 cm³/mol. The molecule has 0 unspecified atom stereocenters. The predicted octanol–water partition coefficient (Wildman–Crippen LogP) is 3.98. The Hall–Kier alpha value is -4.25. The maximum atomic E-state index is 12.4. The van der Waals surface area contributed by atoms with Gasteiger partial charge >= 0.3 is 6.09 Å². The number of primary amides is 1. The summed E-state index contributed by atoms with van der Waals surface area (Å²) in [5, 5.41) is 17.7. The number of carbonyl (C=O) groups is 2. The number of hydrogen-bond donors (Lipinski definition) is 3. The van der Waals surface area contributed by atoms with Gasteiger partial charge in [-0.3, -0.25) is 9.36 Å². The highest BCUT2D eigenvalue weighted by atomic mass is 16.5. The van der Waals surface area contributed by atoms with Crippen LogP contribution in [0.15, 0.2) is 28.9 Å². The molecule has 2 aliphatic rings. The molecule has 11 heteroatoms. The molecule has 4 heterocycles. The van der Waals surface area contributed by atoms with Gasteiger partial charge in [0.1, 0.15) is 17.3 Å². The highest BCUT2D eigenvalue weighted by molar-refractivity contribution is 6.02. The number of nitrogens with one attached hydrogen (secondary N) is 1. The van der Waals surface area contributed by atoms with E-state index in [0.717, 1.165) is 41.6 Å². The fourth-order valence-electron chi connectivity index (χ4n) is 5.01. The largest absolute Gasteiger partial charge is 0.464 e. The molecule has 0 atom stereocenters. The van der Waals surface area contributed by atoms with E-state index in [1.54, 1.807) is 18.2 Å². The number of aromatic nitrogens is 4. The Balaban J connectivity index is 1.59. The van der Waals surface area contributed by atoms with E-state index in [-0.39, 0.29) is 11.6 Å². The van der Waals surface area contributed by atoms with Gasteiger partial charge in [0.2, 0.25) is 5.88 Å². The number of rotatable bonds is 6. The number of nitrogens with two attached hydrogens (primary N) is 1. The van der Waals surface area contributed by atoms with Gasteiger partial charge in [-0.05, 0) is 37.9 Å². The number of amides is 1. The molecule has 6 rings (SSSR count). The molecule has 11 nitrogen and oxygen atoms in total. The number of hydrogen-bond acceptors (Lipinski definition) is 8. The van der Waals surface area contributed by atoms with E-state index >= 15 is 0 Å².